The van der Waals surface area contributed by atoms with Crippen molar-refractivity contribution in [3.8, 4) is 0 Å². The van der Waals surface area contributed by atoms with Gasteiger partial charge in [0, 0.05) is 12.3 Å². The van der Waals surface area contributed by atoms with Crippen molar-refractivity contribution < 1.29 is 9.50 Å². The number of aliphatic hydroxyl groups is 1. The van der Waals surface area contributed by atoms with Gasteiger partial charge in [-0.15, -0.1) is 0 Å². The van der Waals surface area contributed by atoms with Gasteiger partial charge in [0.25, 0.3) is 5.95 Å². The second kappa shape index (κ2) is 9.11. The molecule has 2 fully saturated rings. The Balaban J connectivity index is 1.49. The van der Waals surface area contributed by atoms with Crippen LogP contribution < -0.4 is 5.32 Å². The van der Waals surface area contributed by atoms with Gasteiger partial charge in [0.15, 0.2) is 5.65 Å². The van der Waals surface area contributed by atoms with E-state index in [2.05, 4.69) is 20.3 Å². The molecule has 2 saturated carbocycles. The number of nitrogens with zero attached hydrogens (tertiary/aromatic N) is 5. The first-order chi connectivity index (χ1) is 15.6. The molecule has 0 bridgehead atoms. The minimum absolute atomic E-state index is 0.193. The van der Waals surface area contributed by atoms with Gasteiger partial charge in [0.2, 0.25) is 5.95 Å². The van der Waals surface area contributed by atoms with Crippen LogP contribution in [0.2, 0.25) is 5.02 Å². The van der Waals surface area contributed by atoms with Crippen LogP contribution in [-0.2, 0) is 0 Å². The van der Waals surface area contributed by atoms with E-state index in [1.165, 1.54) is 6.07 Å². The molecule has 5 rings (SSSR count). The molecular formula is C23H26ClFN6O. The molecule has 7 nitrogen and oxygen atoms in total. The van der Waals surface area contributed by atoms with E-state index in [1.807, 2.05) is 10.8 Å². The Labute approximate surface area is 190 Å². The highest BCUT2D eigenvalue weighted by Gasteiger charge is 2.25. The molecule has 0 saturated heterocycles. The van der Waals surface area contributed by atoms with E-state index in [-0.39, 0.29) is 17.8 Å². The van der Waals surface area contributed by atoms with Gasteiger partial charge in [-0.2, -0.15) is 4.98 Å². The summed E-state index contributed by atoms with van der Waals surface area (Å²) in [5.74, 6) is 0.795. The fourth-order valence-corrected chi connectivity index (χ4v) is 4.90. The molecule has 2 heterocycles. The van der Waals surface area contributed by atoms with E-state index < -0.39 is 5.82 Å². The number of aromatic nitrogens is 4. The second-order valence-electron chi connectivity index (χ2n) is 8.69. The smallest absolute Gasteiger partial charge is 0.251 e. The van der Waals surface area contributed by atoms with E-state index in [0.717, 1.165) is 51.4 Å². The highest BCUT2D eigenvalue weighted by Crippen LogP contribution is 2.37. The van der Waals surface area contributed by atoms with Gasteiger partial charge in [0.05, 0.1) is 23.0 Å². The van der Waals surface area contributed by atoms with Crippen molar-refractivity contribution in [2.45, 2.75) is 63.5 Å². The highest BCUT2D eigenvalue weighted by molar-refractivity contribution is 6.33. The summed E-state index contributed by atoms with van der Waals surface area (Å²) in [5, 5.41) is 13.1. The fraction of sp³-hybridized carbons (Fsp3) is 0.478. The predicted octanol–water partition coefficient (Wildman–Crippen LogP) is 5.73. The Morgan fingerprint density at radius 2 is 1.91 bits per heavy atom. The molecule has 0 spiro atoms. The van der Waals surface area contributed by atoms with E-state index in [9.17, 15) is 9.50 Å². The zero-order valence-electron chi connectivity index (χ0n) is 17.7. The van der Waals surface area contributed by atoms with E-state index in [4.69, 9.17) is 16.6 Å². The molecule has 2 aliphatic carbocycles. The number of anilines is 2. The molecule has 0 unspecified atom stereocenters. The van der Waals surface area contributed by atoms with Gasteiger partial charge in [-0.3, -0.25) is 4.57 Å². The minimum atomic E-state index is -0.434. The van der Waals surface area contributed by atoms with Crippen molar-refractivity contribution in [1.82, 2.24) is 19.5 Å². The van der Waals surface area contributed by atoms with Crippen molar-refractivity contribution in [2.24, 2.45) is 10.9 Å². The topological polar surface area (TPSA) is 88.2 Å². The number of halogens is 2. The molecule has 0 aliphatic heterocycles. The zero-order chi connectivity index (χ0) is 22.1. The number of benzene rings is 1. The number of aliphatic imine (C=N–C) groups is 1. The molecule has 9 heteroatoms. The number of imidazole rings is 1. The normalized spacial score (nSPS) is 22.2. The van der Waals surface area contributed by atoms with Crippen LogP contribution in [0.25, 0.3) is 11.2 Å². The third-order valence-electron chi connectivity index (χ3n) is 6.45. The lowest BCUT2D eigenvalue weighted by Crippen LogP contribution is -2.18. The number of fused-ring (bicyclic) bond motifs is 1. The third kappa shape index (κ3) is 4.34. The number of hydrogen-bond acceptors (Lipinski definition) is 6. The Morgan fingerprint density at radius 1 is 1.12 bits per heavy atom. The van der Waals surface area contributed by atoms with E-state index >= 15 is 0 Å². The molecule has 0 amide bonds. The van der Waals surface area contributed by atoms with Crippen LogP contribution in [0.4, 0.5) is 22.0 Å². The van der Waals surface area contributed by atoms with Crippen molar-refractivity contribution in [3.63, 3.8) is 0 Å². The van der Waals surface area contributed by atoms with Crippen LogP contribution >= 0.6 is 11.6 Å². The Bertz CT molecular complexity index is 1110. The monoisotopic (exact) mass is 456 g/mol. The maximum atomic E-state index is 14.4. The van der Waals surface area contributed by atoms with E-state index in [1.54, 1.807) is 18.3 Å². The van der Waals surface area contributed by atoms with Gasteiger partial charge >= 0.3 is 0 Å². The molecule has 0 atom stereocenters. The van der Waals surface area contributed by atoms with Gasteiger partial charge in [-0.05, 0) is 56.6 Å². The van der Waals surface area contributed by atoms with Crippen molar-refractivity contribution in [1.29, 1.82) is 0 Å². The van der Waals surface area contributed by atoms with Crippen LogP contribution in [0, 0.1) is 11.7 Å². The number of nitrogens with one attached hydrogen (secondary N) is 1. The first-order valence-electron chi connectivity index (χ1n) is 11.3. The number of hydrogen-bond donors (Lipinski definition) is 2. The third-order valence-corrected chi connectivity index (χ3v) is 6.77. The van der Waals surface area contributed by atoms with Crippen molar-refractivity contribution >= 4 is 46.6 Å². The standard InChI is InChI=1S/C23H26ClFN6O/c24-17-6-3-7-18(25)20(17)29-23-28-19-13-27-22(26-12-14-8-10-16(32)11-9-14)30-21(19)31(23)15-4-1-2-5-15/h3,6-7,12-16,32H,1-2,4-5,8-11H2,(H,28,29)/b26-12+. The minimum Gasteiger partial charge on any atom is -0.393 e. The summed E-state index contributed by atoms with van der Waals surface area (Å²) in [5.41, 5.74) is 1.52. The van der Waals surface area contributed by atoms with Gasteiger partial charge in [0.1, 0.15) is 11.3 Å². The molecule has 1 aromatic carbocycles. The molecule has 32 heavy (non-hydrogen) atoms. The lowest BCUT2D eigenvalue weighted by molar-refractivity contribution is 0.121. The lowest BCUT2D eigenvalue weighted by Gasteiger charge is -2.21. The average Bonchev–Trinajstić information content (AvgIpc) is 3.43. The first-order valence-corrected chi connectivity index (χ1v) is 11.6. The molecule has 2 aromatic heterocycles. The first kappa shape index (κ1) is 21.3. The van der Waals surface area contributed by atoms with E-state index in [0.29, 0.717) is 34.0 Å². The molecular weight excluding hydrogens is 431 g/mol. The number of para-hydroxylation sites is 1. The van der Waals surface area contributed by atoms with Gasteiger partial charge < -0.3 is 10.4 Å². The zero-order valence-corrected chi connectivity index (χ0v) is 18.5. The summed E-state index contributed by atoms with van der Waals surface area (Å²) in [4.78, 5) is 18.2. The summed E-state index contributed by atoms with van der Waals surface area (Å²) in [6, 6.07) is 4.81. The van der Waals surface area contributed by atoms with Crippen LogP contribution in [0.15, 0.2) is 29.4 Å². The Hall–Kier alpha value is -2.58. The van der Waals surface area contributed by atoms with Gasteiger partial charge in [-0.1, -0.05) is 30.5 Å². The fourth-order valence-electron chi connectivity index (χ4n) is 4.69. The summed E-state index contributed by atoms with van der Waals surface area (Å²) in [6.07, 6.45) is 11.1. The summed E-state index contributed by atoms with van der Waals surface area (Å²) < 4.78 is 16.5. The quantitative estimate of drug-likeness (QED) is 0.478. The maximum absolute atomic E-state index is 14.4. The lowest BCUT2D eigenvalue weighted by atomic mass is 9.88. The molecule has 2 N–H and O–H groups in total. The highest BCUT2D eigenvalue weighted by atomic mass is 35.5. The summed E-state index contributed by atoms with van der Waals surface area (Å²) >= 11 is 6.24. The van der Waals surface area contributed by atoms with Crippen molar-refractivity contribution in [2.75, 3.05) is 5.32 Å². The van der Waals surface area contributed by atoms with Crippen LogP contribution in [0.5, 0.6) is 0 Å². The second-order valence-corrected chi connectivity index (χ2v) is 9.10. The summed E-state index contributed by atoms with van der Waals surface area (Å²) in [7, 11) is 0. The number of rotatable bonds is 5. The van der Waals surface area contributed by atoms with Crippen LogP contribution in [-0.4, -0.2) is 36.9 Å². The Morgan fingerprint density at radius 3 is 2.66 bits per heavy atom. The van der Waals surface area contributed by atoms with Crippen LogP contribution in [0.3, 0.4) is 0 Å². The molecule has 2 aliphatic rings. The summed E-state index contributed by atoms with van der Waals surface area (Å²) in [6.45, 7) is 0. The Kier molecular flexibility index (Phi) is 6.06. The molecule has 3 aromatic rings. The van der Waals surface area contributed by atoms with Gasteiger partial charge in [-0.25, -0.2) is 19.4 Å². The van der Waals surface area contributed by atoms with Crippen molar-refractivity contribution in [3.05, 3.63) is 35.2 Å². The average molecular weight is 457 g/mol. The van der Waals surface area contributed by atoms with Crippen LogP contribution in [0.1, 0.15) is 57.4 Å². The molecule has 168 valence electrons. The predicted molar refractivity (Wildman–Crippen MR) is 124 cm³/mol. The largest absolute Gasteiger partial charge is 0.393 e. The SMILES string of the molecule is OC1CCC(/C=N/c2ncc3nc(Nc4c(F)cccc4Cl)n(C4CCCC4)c3n2)CC1. The number of aliphatic hydroxyl groups excluding tert-OH is 1. The maximum Gasteiger partial charge on any atom is 0.251 e. The molecule has 0 radical (unpaired) electrons.